The standard InChI is InChI=1S/C12H13N3O2/c1-3-17-12(16)11-10(13-15(2)14-11)9-7-5-4-6-8-9/h4-8H,3H2,1-2H3. The minimum absolute atomic E-state index is 0.251. The van der Waals surface area contributed by atoms with Crippen LogP contribution in [0, 0.1) is 0 Å². The number of benzene rings is 1. The van der Waals surface area contributed by atoms with Crippen LogP contribution in [0.1, 0.15) is 17.4 Å². The first-order valence-electron chi connectivity index (χ1n) is 5.36. The van der Waals surface area contributed by atoms with Crippen molar-refractivity contribution in [3.63, 3.8) is 0 Å². The lowest BCUT2D eigenvalue weighted by Gasteiger charge is -2.00. The first kappa shape index (κ1) is 11.3. The van der Waals surface area contributed by atoms with E-state index in [9.17, 15) is 4.79 Å². The van der Waals surface area contributed by atoms with Crippen LogP contribution in [-0.2, 0) is 11.8 Å². The average molecular weight is 231 g/mol. The van der Waals surface area contributed by atoms with Gasteiger partial charge < -0.3 is 4.74 Å². The Kier molecular flexibility index (Phi) is 3.18. The van der Waals surface area contributed by atoms with Crippen molar-refractivity contribution in [3.8, 4) is 11.3 Å². The highest BCUT2D eigenvalue weighted by Crippen LogP contribution is 2.20. The number of nitrogens with zero attached hydrogens (tertiary/aromatic N) is 3. The van der Waals surface area contributed by atoms with Gasteiger partial charge in [0.05, 0.1) is 6.61 Å². The Hall–Kier alpha value is -2.17. The molecule has 0 radical (unpaired) electrons. The van der Waals surface area contributed by atoms with Gasteiger partial charge in [-0.15, -0.1) is 5.10 Å². The highest BCUT2D eigenvalue weighted by atomic mass is 16.5. The lowest BCUT2D eigenvalue weighted by molar-refractivity contribution is 0.0519. The summed E-state index contributed by atoms with van der Waals surface area (Å²) < 4.78 is 4.95. The average Bonchev–Trinajstić information content (AvgIpc) is 2.73. The molecule has 0 N–H and O–H groups in total. The normalized spacial score (nSPS) is 10.2. The lowest BCUT2D eigenvalue weighted by atomic mass is 10.1. The van der Waals surface area contributed by atoms with Crippen molar-refractivity contribution in [2.24, 2.45) is 7.05 Å². The maximum Gasteiger partial charge on any atom is 0.361 e. The summed E-state index contributed by atoms with van der Waals surface area (Å²) in [4.78, 5) is 13.1. The quantitative estimate of drug-likeness (QED) is 0.754. The topological polar surface area (TPSA) is 57.0 Å². The Morgan fingerprint density at radius 2 is 2.00 bits per heavy atom. The number of rotatable bonds is 3. The molecule has 0 unspecified atom stereocenters. The van der Waals surface area contributed by atoms with E-state index in [0.717, 1.165) is 5.56 Å². The predicted molar refractivity (Wildman–Crippen MR) is 62.4 cm³/mol. The SMILES string of the molecule is CCOC(=O)c1nn(C)nc1-c1ccccc1. The molecule has 0 aliphatic rings. The van der Waals surface area contributed by atoms with Crippen LogP contribution in [0.5, 0.6) is 0 Å². The van der Waals surface area contributed by atoms with E-state index < -0.39 is 5.97 Å². The lowest BCUT2D eigenvalue weighted by Crippen LogP contribution is -2.07. The van der Waals surface area contributed by atoms with E-state index in [4.69, 9.17) is 4.74 Å². The second-order valence-corrected chi connectivity index (χ2v) is 3.47. The van der Waals surface area contributed by atoms with E-state index in [-0.39, 0.29) is 5.69 Å². The van der Waals surface area contributed by atoms with Crippen LogP contribution in [0.15, 0.2) is 30.3 Å². The maximum absolute atomic E-state index is 11.7. The monoisotopic (exact) mass is 231 g/mol. The van der Waals surface area contributed by atoms with Gasteiger partial charge in [-0.1, -0.05) is 30.3 Å². The molecule has 88 valence electrons. The minimum Gasteiger partial charge on any atom is -0.461 e. The molecular formula is C12H13N3O2. The fourth-order valence-corrected chi connectivity index (χ4v) is 1.53. The Balaban J connectivity index is 2.44. The number of aryl methyl sites for hydroxylation is 1. The first-order chi connectivity index (χ1) is 8.22. The molecule has 0 spiro atoms. The Morgan fingerprint density at radius 1 is 1.29 bits per heavy atom. The molecule has 0 atom stereocenters. The Bertz CT molecular complexity index is 520. The van der Waals surface area contributed by atoms with Crippen molar-refractivity contribution < 1.29 is 9.53 Å². The Morgan fingerprint density at radius 3 is 2.65 bits per heavy atom. The largest absolute Gasteiger partial charge is 0.461 e. The predicted octanol–water partition coefficient (Wildman–Crippen LogP) is 1.66. The van der Waals surface area contributed by atoms with Crippen molar-refractivity contribution >= 4 is 5.97 Å². The third-order valence-electron chi connectivity index (χ3n) is 2.23. The van der Waals surface area contributed by atoms with Crippen molar-refractivity contribution in [3.05, 3.63) is 36.0 Å². The van der Waals surface area contributed by atoms with Crippen LogP contribution in [-0.4, -0.2) is 27.6 Å². The number of aromatic nitrogens is 3. The van der Waals surface area contributed by atoms with Gasteiger partial charge in [0.25, 0.3) is 0 Å². The molecular weight excluding hydrogens is 218 g/mol. The van der Waals surface area contributed by atoms with Gasteiger partial charge in [-0.05, 0) is 6.92 Å². The van der Waals surface area contributed by atoms with Crippen LogP contribution >= 0.6 is 0 Å². The van der Waals surface area contributed by atoms with Gasteiger partial charge in [0, 0.05) is 12.6 Å². The van der Waals surface area contributed by atoms with Gasteiger partial charge in [-0.25, -0.2) is 4.79 Å². The Labute approximate surface area is 99.0 Å². The van der Waals surface area contributed by atoms with Gasteiger partial charge in [-0.3, -0.25) is 0 Å². The van der Waals surface area contributed by atoms with E-state index in [1.807, 2.05) is 30.3 Å². The summed E-state index contributed by atoms with van der Waals surface area (Å²) in [5, 5.41) is 8.23. The molecule has 0 bridgehead atoms. The van der Waals surface area contributed by atoms with Gasteiger partial charge in [-0.2, -0.15) is 9.90 Å². The van der Waals surface area contributed by atoms with Gasteiger partial charge >= 0.3 is 5.97 Å². The molecule has 5 nitrogen and oxygen atoms in total. The molecule has 1 aromatic carbocycles. The molecule has 0 aliphatic heterocycles. The molecule has 5 heteroatoms. The van der Waals surface area contributed by atoms with Crippen molar-refractivity contribution in [1.29, 1.82) is 0 Å². The first-order valence-corrected chi connectivity index (χ1v) is 5.36. The van der Waals surface area contributed by atoms with Crippen LogP contribution in [0.4, 0.5) is 0 Å². The number of carbonyl (C=O) groups excluding carboxylic acids is 1. The minimum atomic E-state index is -0.445. The fraction of sp³-hybridized carbons (Fsp3) is 0.250. The number of esters is 1. The zero-order valence-electron chi connectivity index (χ0n) is 9.75. The van der Waals surface area contributed by atoms with Crippen LogP contribution < -0.4 is 0 Å². The third kappa shape index (κ3) is 2.33. The summed E-state index contributed by atoms with van der Waals surface area (Å²) in [6, 6.07) is 9.45. The van der Waals surface area contributed by atoms with Crippen molar-refractivity contribution in [1.82, 2.24) is 15.0 Å². The van der Waals surface area contributed by atoms with Crippen molar-refractivity contribution in [2.75, 3.05) is 6.61 Å². The van der Waals surface area contributed by atoms with Crippen molar-refractivity contribution in [2.45, 2.75) is 6.92 Å². The van der Waals surface area contributed by atoms with E-state index in [0.29, 0.717) is 12.3 Å². The molecule has 2 aromatic rings. The van der Waals surface area contributed by atoms with Gasteiger partial charge in [0.1, 0.15) is 5.69 Å². The molecule has 0 saturated heterocycles. The van der Waals surface area contributed by atoms with Gasteiger partial charge in [0.15, 0.2) is 5.69 Å². The molecule has 0 fully saturated rings. The zero-order valence-corrected chi connectivity index (χ0v) is 9.75. The fourth-order valence-electron chi connectivity index (χ4n) is 1.53. The third-order valence-corrected chi connectivity index (χ3v) is 2.23. The second kappa shape index (κ2) is 4.78. The summed E-state index contributed by atoms with van der Waals surface area (Å²) in [6.45, 7) is 2.08. The molecule has 2 rings (SSSR count). The highest BCUT2D eigenvalue weighted by Gasteiger charge is 2.19. The molecule has 1 heterocycles. The molecule has 0 saturated carbocycles. The van der Waals surface area contributed by atoms with E-state index in [1.165, 1.54) is 4.80 Å². The van der Waals surface area contributed by atoms with Crippen LogP contribution in [0.3, 0.4) is 0 Å². The summed E-state index contributed by atoms with van der Waals surface area (Å²) in [7, 11) is 1.68. The number of carbonyl (C=O) groups is 1. The zero-order chi connectivity index (χ0) is 12.3. The van der Waals surface area contributed by atoms with E-state index in [2.05, 4.69) is 10.2 Å². The number of ether oxygens (including phenoxy) is 1. The molecule has 0 amide bonds. The summed E-state index contributed by atoms with van der Waals surface area (Å²) in [5.41, 5.74) is 1.65. The highest BCUT2D eigenvalue weighted by molar-refractivity contribution is 5.93. The van der Waals surface area contributed by atoms with E-state index >= 15 is 0 Å². The summed E-state index contributed by atoms with van der Waals surface area (Å²) >= 11 is 0. The summed E-state index contributed by atoms with van der Waals surface area (Å²) in [6.07, 6.45) is 0. The van der Waals surface area contributed by atoms with Gasteiger partial charge in [0.2, 0.25) is 0 Å². The molecule has 0 aliphatic carbocycles. The molecule has 17 heavy (non-hydrogen) atoms. The maximum atomic E-state index is 11.7. The summed E-state index contributed by atoms with van der Waals surface area (Å²) in [5.74, 6) is -0.445. The number of hydrogen-bond acceptors (Lipinski definition) is 4. The van der Waals surface area contributed by atoms with E-state index in [1.54, 1.807) is 14.0 Å². The number of hydrogen-bond donors (Lipinski definition) is 0. The smallest absolute Gasteiger partial charge is 0.361 e. The van der Waals surface area contributed by atoms with Crippen LogP contribution in [0.25, 0.3) is 11.3 Å². The van der Waals surface area contributed by atoms with Crippen LogP contribution in [0.2, 0.25) is 0 Å². The molecule has 1 aromatic heterocycles. The second-order valence-electron chi connectivity index (χ2n) is 3.47.